The number of nitrogens with one attached hydrogen (secondary N) is 1. The van der Waals surface area contributed by atoms with Crippen LogP contribution in [0.2, 0.25) is 0 Å². The fourth-order valence-electron chi connectivity index (χ4n) is 3.12. The van der Waals surface area contributed by atoms with Crippen molar-refractivity contribution in [3.8, 4) is 11.1 Å². The average Bonchev–Trinajstić information content (AvgIpc) is 2.74. The second-order valence-corrected chi connectivity index (χ2v) is 7.23. The second kappa shape index (κ2) is 9.09. The van der Waals surface area contributed by atoms with Crippen molar-refractivity contribution in [2.45, 2.75) is 6.92 Å². The van der Waals surface area contributed by atoms with Crippen molar-refractivity contribution in [2.24, 2.45) is 0 Å². The Labute approximate surface area is 176 Å². The van der Waals surface area contributed by atoms with Crippen LogP contribution in [0, 0.1) is 6.92 Å². The quantitative estimate of drug-likeness (QED) is 0.566. The zero-order chi connectivity index (χ0) is 21.7. The highest BCUT2D eigenvalue weighted by Crippen LogP contribution is 2.28. The summed E-state index contributed by atoms with van der Waals surface area (Å²) in [5.74, 6) is -1.16. The van der Waals surface area contributed by atoms with Crippen molar-refractivity contribution in [2.75, 3.05) is 24.3 Å². The average molecular weight is 400 g/mol. The van der Waals surface area contributed by atoms with Crippen LogP contribution in [0.5, 0.6) is 0 Å². The van der Waals surface area contributed by atoms with Gasteiger partial charge in [0, 0.05) is 37.1 Å². The summed E-state index contributed by atoms with van der Waals surface area (Å²) in [5, 5.41) is 11.8. The maximum Gasteiger partial charge on any atom is 0.328 e. The van der Waals surface area contributed by atoms with Gasteiger partial charge in [-0.3, -0.25) is 4.79 Å². The highest BCUT2D eigenvalue weighted by atomic mass is 16.4. The normalized spacial score (nSPS) is 10.8. The molecule has 2 N–H and O–H groups in total. The third kappa shape index (κ3) is 5.14. The molecule has 0 radical (unpaired) electrons. The lowest BCUT2D eigenvalue weighted by Crippen LogP contribution is -2.14. The van der Waals surface area contributed by atoms with Crippen LogP contribution in [0.4, 0.5) is 11.4 Å². The Morgan fingerprint density at radius 1 is 0.967 bits per heavy atom. The van der Waals surface area contributed by atoms with E-state index >= 15 is 0 Å². The molecule has 5 heteroatoms. The fourth-order valence-corrected chi connectivity index (χ4v) is 3.12. The number of benzene rings is 3. The van der Waals surface area contributed by atoms with E-state index in [4.69, 9.17) is 5.11 Å². The van der Waals surface area contributed by atoms with Gasteiger partial charge in [-0.15, -0.1) is 0 Å². The SMILES string of the molecule is Cc1ccc(NC(=O)c2cccc(N(C)C)c2)cc1-c1cccc(/C=C/C(=O)O)c1. The zero-order valence-corrected chi connectivity index (χ0v) is 17.2. The predicted octanol–water partition coefficient (Wildman–Crippen LogP) is 5.08. The standard InChI is InChI=1S/C25H24N2O3/c1-17-10-12-21(26-25(30)20-8-5-9-22(15-20)27(2)3)16-23(17)19-7-4-6-18(14-19)11-13-24(28)29/h4-16H,1-3H3,(H,26,30)(H,28,29)/b13-11+. The summed E-state index contributed by atoms with van der Waals surface area (Å²) in [6.45, 7) is 2.00. The van der Waals surface area contributed by atoms with Crippen LogP contribution >= 0.6 is 0 Å². The number of carboxylic acids is 1. The third-order valence-corrected chi connectivity index (χ3v) is 4.74. The van der Waals surface area contributed by atoms with E-state index in [0.717, 1.165) is 34.0 Å². The van der Waals surface area contributed by atoms with Gasteiger partial charge in [-0.2, -0.15) is 0 Å². The molecule has 152 valence electrons. The number of nitrogens with zero attached hydrogens (tertiary/aromatic N) is 1. The van der Waals surface area contributed by atoms with Gasteiger partial charge in [-0.1, -0.05) is 30.3 Å². The number of aryl methyl sites for hydroxylation is 1. The van der Waals surface area contributed by atoms with E-state index in [1.807, 2.05) is 86.6 Å². The first-order valence-corrected chi connectivity index (χ1v) is 9.54. The van der Waals surface area contributed by atoms with E-state index in [-0.39, 0.29) is 5.91 Å². The van der Waals surface area contributed by atoms with Crippen LogP contribution in [0.15, 0.2) is 72.8 Å². The molecule has 0 bridgehead atoms. The van der Waals surface area contributed by atoms with Gasteiger partial charge in [0.15, 0.2) is 0 Å². The smallest absolute Gasteiger partial charge is 0.328 e. The van der Waals surface area contributed by atoms with Crippen molar-refractivity contribution < 1.29 is 14.7 Å². The predicted molar refractivity (Wildman–Crippen MR) is 122 cm³/mol. The summed E-state index contributed by atoms with van der Waals surface area (Å²) in [5.41, 5.74) is 6.02. The van der Waals surface area contributed by atoms with Crippen LogP contribution in [0.1, 0.15) is 21.5 Å². The Bertz CT molecular complexity index is 1120. The molecule has 0 aliphatic heterocycles. The third-order valence-electron chi connectivity index (χ3n) is 4.74. The molecule has 0 aliphatic carbocycles. The number of hydrogen-bond donors (Lipinski definition) is 2. The summed E-state index contributed by atoms with van der Waals surface area (Å²) in [7, 11) is 3.87. The van der Waals surface area contributed by atoms with Crippen molar-refractivity contribution in [3.05, 3.63) is 89.5 Å². The molecular formula is C25H24N2O3. The van der Waals surface area contributed by atoms with E-state index in [1.54, 1.807) is 12.1 Å². The van der Waals surface area contributed by atoms with Gasteiger partial charge in [0.1, 0.15) is 0 Å². The lowest BCUT2D eigenvalue weighted by atomic mass is 9.98. The number of carboxylic acid groups (broad SMARTS) is 1. The van der Waals surface area contributed by atoms with Crippen molar-refractivity contribution in [1.82, 2.24) is 0 Å². The van der Waals surface area contributed by atoms with E-state index < -0.39 is 5.97 Å². The Morgan fingerprint density at radius 3 is 2.47 bits per heavy atom. The van der Waals surface area contributed by atoms with Gasteiger partial charge in [0.25, 0.3) is 5.91 Å². The fraction of sp³-hybridized carbons (Fsp3) is 0.120. The first-order valence-electron chi connectivity index (χ1n) is 9.54. The molecule has 3 aromatic rings. The second-order valence-electron chi connectivity index (χ2n) is 7.23. The molecule has 3 aromatic carbocycles. The molecule has 0 spiro atoms. The monoisotopic (exact) mass is 400 g/mol. The minimum absolute atomic E-state index is 0.174. The highest BCUT2D eigenvalue weighted by Gasteiger charge is 2.10. The summed E-state index contributed by atoms with van der Waals surface area (Å²) >= 11 is 0. The molecule has 0 fully saturated rings. The molecule has 1 amide bonds. The zero-order valence-electron chi connectivity index (χ0n) is 17.2. The number of carbonyl (C=O) groups excluding carboxylic acids is 1. The van der Waals surface area contributed by atoms with E-state index in [1.165, 1.54) is 0 Å². The number of anilines is 2. The van der Waals surface area contributed by atoms with E-state index in [0.29, 0.717) is 11.3 Å². The van der Waals surface area contributed by atoms with Gasteiger partial charge in [0.05, 0.1) is 0 Å². The van der Waals surface area contributed by atoms with Gasteiger partial charge < -0.3 is 15.3 Å². The van der Waals surface area contributed by atoms with Crippen molar-refractivity contribution in [1.29, 1.82) is 0 Å². The minimum atomic E-state index is -0.986. The van der Waals surface area contributed by atoms with Crippen molar-refractivity contribution in [3.63, 3.8) is 0 Å². The molecule has 3 rings (SSSR count). The molecule has 30 heavy (non-hydrogen) atoms. The van der Waals surface area contributed by atoms with Gasteiger partial charge >= 0.3 is 5.97 Å². The highest BCUT2D eigenvalue weighted by molar-refractivity contribution is 6.05. The van der Waals surface area contributed by atoms with Crippen LogP contribution < -0.4 is 10.2 Å². The Balaban J connectivity index is 1.87. The molecule has 0 atom stereocenters. The van der Waals surface area contributed by atoms with Gasteiger partial charge in [0.2, 0.25) is 0 Å². The van der Waals surface area contributed by atoms with Crippen LogP contribution in [0.25, 0.3) is 17.2 Å². The lowest BCUT2D eigenvalue weighted by Gasteiger charge is -2.14. The lowest BCUT2D eigenvalue weighted by molar-refractivity contribution is -0.131. The maximum atomic E-state index is 12.7. The van der Waals surface area contributed by atoms with Crippen LogP contribution in [0.3, 0.4) is 0 Å². The van der Waals surface area contributed by atoms with E-state index in [2.05, 4.69) is 5.32 Å². The molecule has 0 unspecified atom stereocenters. The molecular weight excluding hydrogens is 376 g/mol. The summed E-state index contributed by atoms with van der Waals surface area (Å²) < 4.78 is 0. The van der Waals surface area contributed by atoms with E-state index in [9.17, 15) is 9.59 Å². The Morgan fingerprint density at radius 2 is 1.73 bits per heavy atom. The topological polar surface area (TPSA) is 69.6 Å². The molecule has 0 heterocycles. The Kier molecular flexibility index (Phi) is 6.32. The largest absolute Gasteiger partial charge is 0.478 e. The first-order chi connectivity index (χ1) is 14.3. The maximum absolute atomic E-state index is 12.7. The number of amides is 1. The molecule has 0 aromatic heterocycles. The van der Waals surface area contributed by atoms with Gasteiger partial charge in [-0.05, 0) is 71.7 Å². The molecule has 0 saturated carbocycles. The number of hydrogen-bond acceptors (Lipinski definition) is 3. The Hall–Kier alpha value is -3.86. The van der Waals surface area contributed by atoms with Crippen molar-refractivity contribution >= 4 is 29.3 Å². The van der Waals surface area contributed by atoms with Gasteiger partial charge in [-0.25, -0.2) is 4.79 Å². The minimum Gasteiger partial charge on any atom is -0.478 e. The number of aliphatic carboxylic acids is 1. The van der Waals surface area contributed by atoms with Crippen LogP contribution in [-0.2, 0) is 4.79 Å². The molecule has 0 aliphatic rings. The number of rotatable bonds is 6. The number of carbonyl (C=O) groups is 2. The first kappa shape index (κ1) is 20.9. The molecule has 0 saturated heterocycles. The summed E-state index contributed by atoms with van der Waals surface area (Å²) in [6, 6.07) is 20.8. The molecule has 5 nitrogen and oxygen atoms in total. The van der Waals surface area contributed by atoms with Crippen LogP contribution in [-0.4, -0.2) is 31.1 Å². The summed E-state index contributed by atoms with van der Waals surface area (Å²) in [6.07, 6.45) is 2.68. The summed E-state index contributed by atoms with van der Waals surface area (Å²) in [4.78, 5) is 25.5.